The van der Waals surface area contributed by atoms with Crippen LogP contribution in [0, 0.1) is 0 Å². The van der Waals surface area contributed by atoms with E-state index in [2.05, 4.69) is 10.3 Å². The van der Waals surface area contributed by atoms with Crippen molar-refractivity contribution in [3.63, 3.8) is 0 Å². The van der Waals surface area contributed by atoms with Gasteiger partial charge in [0, 0.05) is 11.8 Å². The molecule has 0 saturated carbocycles. The van der Waals surface area contributed by atoms with Crippen molar-refractivity contribution >= 4 is 11.7 Å². The van der Waals surface area contributed by atoms with Gasteiger partial charge in [-0.2, -0.15) is 0 Å². The summed E-state index contributed by atoms with van der Waals surface area (Å²) < 4.78 is 0. The fourth-order valence-corrected chi connectivity index (χ4v) is 1.78. The van der Waals surface area contributed by atoms with E-state index in [1.54, 1.807) is 30.5 Å². The van der Waals surface area contributed by atoms with Crippen LogP contribution in [0.25, 0.3) is 0 Å². The molecule has 0 fully saturated rings. The quantitative estimate of drug-likeness (QED) is 0.667. The van der Waals surface area contributed by atoms with Gasteiger partial charge in [-0.25, -0.2) is 0 Å². The zero-order chi connectivity index (χ0) is 14.4. The number of pyridine rings is 1. The molecule has 0 spiro atoms. The number of hydrogen-bond donors (Lipinski definition) is 1. The lowest BCUT2D eigenvalue weighted by atomic mass is 10.1. The summed E-state index contributed by atoms with van der Waals surface area (Å²) in [6, 6.07) is 12.5. The fourth-order valence-electron chi connectivity index (χ4n) is 1.78. The minimum absolute atomic E-state index is 0.248. The highest BCUT2D eigenvalue weighted by atomic mass is 16.2. The number of carbonyl (C=O) groups excluding carboxylic acids is 2. The predicted molar refractivity (Wildman–Crippen MR) is 76.2 cm³/mol. The van der Waals surface area contributed by atoms with Crippen LogP contribution in [0.5, 0.6) is 0 Å². The number of nitrogens with zero attached hydrogens (tertiary/aromatic N) is 1. The lowest BCUT2D eigenvalue weighted by molar-refractivity contribution is -0.117. The molecule has 1 amide bonds. The smallest absolute Gasteiger partial charge is 0.292 e. The fraction of sp³-hybridized carbons (Fsp3) is 0.188. The summed E-state index contributed by atoms with van der Waals surface area (Å²) in [5.41, 5.74) is 2.26. The van der Waals surface area contributed by atoms with Crippen molar-refractivity contribution in [3.8, 4) is 0 Å². The Morgan fingerprint density at radius 2 is 1.85 bits per heavy atom. The molecule has 2 aromatic rings. The van der Waals surface area contributed by atoms with Crippen LogP contribution < -0.4 is 5.32 Å². The zero-order valence-corrected chi connectivity index (χ0v) is 11.3. The molecule has 1 aromatic heterocycles. The van der Waals surface area contributed by atoms with E-state index in [1.165, 1.54) is 0 Å². The van der Waals surface area contributed by atoms with Crippen molar-refractivity contribution in [1.29, 1.82) is 0 Å². The Balaban J connectivity index is 1.96. The maximum atomic E-state index is 11.9. The van der Waals surface area contributed by atoms with Crippen LogP contribution >= 0.6 is 0 Å². The van der Waals surface area contributed by atoms with E-state index in [-0.39, 0.29) is 6.54 Å². The minimum Gasteiger partial charge on any atom is -0.344 e. The van der Waals surface area contributed by atoms with E-state index < -0.39 is 11.7 Å². The van der Waals surface area contributed by atoms with E-state index >= 15 is 0 Å². The molecule has 0 bridgehead atoms. The second-order valence-electron chi connectivity index (χ2n) is 4.38. The number of Topliss-reactive ketones (excluding diaryl/α,β-unsaturated/α-hetero) is 1. The highest BCUT2D eigenvalue weighted by molar-refractivity contribution is 6.42. The van der Waals surface area contributed by atoms with Crippen LogP contribution in [0.1, 0.15) is 28.5 Å². The lowest BCUT2D eigenvalue weighted by Crippen LogP contribution is -2.30. The van der Waals surface area contributed by atoms with Gasteiger partial charge in [-0.05, 0) is 24.1 Å². The molecule has 0 unspecified atom stereocenters. The number of ketones is 1. The van der Waals surface area contributed by atoms with E-state index in [4.69, 9.17) is 0 Å². The Morgan fingerprint density at radius 1 is 1.10 bits per heavy atom. The number of aromatic nitrogens is 1. The van der Waals surface area contributed by atoms with Gasteiger partial charge in [-0.1, -0.05) is 37.3 Å². The normalized spacial score (nSPS) is 10.1. The van der Waals surface area contributed by atoms with E-state index in [9.17, 15) is 9.59 Å². The van der Waals surface area contributed by atoms with Gasteiger partial charge in [0.2, 0.25) is 5.78 Å². The highest BCUT2D eigenvalue weighted by Gasteiger charge is 2.15. The number of benzene rings is 1. The largest absolute Gasteiger partial charge is 0.344 e. The molecule has 0 saturated heterocycles. The molecular formula is C16H16N2O2. The number of aryl methyl sites for hydroxylation is 1. The first-order chi connectivity index (χ1) is 9.70. The summed E-state index contributed by atoms with van der Waals surface area (Å²) in [5, 5.41) is 2.57. The Morgan fingerprint density at radius 3 is 2.45 bits per heavy atom. The van der Waals surface area contributed by atoms with Crippen molar-refractivity contribution in [1.82, 2.24) is 10.3 Å². The monoisotopic (exact) mass is 268 g/mol. The first-order valence-electron chi connectivity index (χ1n) is 6.52. The van der Waals surface area contributed by atoms with Crippen molar-refractivity contribution in [3.05, 3.63) is 65.5 Å². The molecule has 0 aliphatic rings. The van der Waals surface area contributed by atoms with Crippen molar-refractivity contribution in [2.24, 2.45) is 0 Å². The summed E-state index contributed by atoms with van der Waals surface area (Å²) >= 11 is 0. The maximum Gasteiger partial charge on any atom is 0.292 e. The second kappa shape index (κ2) is 6.61. The van der Waals surface area contributed by atoms with Crippen LogP contribution in [0.4, 0.5) is 0 Å². The van der Waals surface area contributed by atoms with Crippen LogP contribution in [0.15, 0.2) is 48.7 Å². The molecule has 4 heteroatoms. The number of rotatable bonds is 5. The summed E-state index contributed by atoms with van der Waals surface area (Å²) in [6.45, 7) is 2.29. The Hall–Kier alpha value is -2.49. The third-order valence-electron chi connectivity index (χ3n) is 2.99. The Labute approximate surface area is 117 Å². The standard InChI is InChI=1S/C16H16N2O2/c1-2-12-6-8-13(9-7-12)15(19)16(20)18-11-14-5-3-4-10-17-14/h3-10H,2,11H2,1H3,(H,18,20). The Kier molecular flexibility index (Phi) is 4.60. The summed E-state index contributed by atoms with van der Waals surface area (Å²) in [6.07, 6.45) is 2.55. The first kappa shape index (κ1) is 13.9. The van der Waals surface area contributed by atoms with Crippen molar-refractivity contribution < 1.29 is 9.59 Å². The molecule has 0 radical (unpaired) electrons. The third kappa shape index (κ3) is 3.51. The van der Waals surface area contributed by atoms with Gasteiger partial charge < -0.3 is 5.32 Å². The summed E-state index contributed by atoms with van der Waals surface area (Å²) in [7, 11) is 0. The van der Waals surface area contributed by atoms with Gasteiger partial charge in [0.15, 0.2) is 0 Å². The average molecular weight is 268 g/mol. The van der Waals surface area contributed by atoms with Crippen LogP contribution in [0.3, 0.4) is 0 Å². The predicted octanol–water partition coefficient (Wildman–Crippen LogP) is 2.14. The maximum absolute atomic E-state index is 11.9. The summed E-state index contributed by atoms with van der Waals surface area (Å²) in [5.74, 6) is -1.14. The van der Waals surface area contributed by atoms with Gasteiger partial charge >= 0.3 is 0 Å². The third-order valence-corrected chi connectivity index (χ3v) is 2.99. The number of nitrogens with one attached hydrogen (secondary N) is 1. The molecule has 1 heterocycles. The molecule has 20 heavy (non-hydrogen) atoms. The number of amides is 1. The summed E-state index contributed by atoms with van der Waals surface area (Å²) in [4.78, 5) is 27.8. The van der Waals surface area contributed by atoms with Crippen molar-refractivity contribution in [2.75, 3.05) is 0 Å². The first-order valence-corrected chi connectivity index (χ1v) is 6.52. The van der Waals surface area contributed by atoms with Gasteiger partial charge in [0.05, 0.1) is 12.2 Å². The molecule has 0 atom stereocenters. The minimum atomic E-state index is -0.611. The molecule has 1 N–H and O–H groups in total. The van der Waals surface area contributed by atoms with Crippen LogP contribution in [0.2, 0.25) is 0 Å². The topological polar surface area (TPSA) is 59.1 Å². The van der Waals surface area contributed by atoms with Crippen molar-refractivity contribution in [2.45, 2.75) is 19.9 Å². The number of hydrogen-bond acceptors (Lipinski definition) is 3. The van der Waals surface area contributed by atoms with Gasteiger partial charge in [-0.3, -0.25) is 14.6 Å². The lowest BCUT2D eigenvalue weighted by Gasteiger charge is -2.04. The van der Waals surface area contributed by atoms with Crippen LogP contribution in [-0.4, -0.2) is 16.7 Å². The Bertz CT molecular complexity index is 592. The molecule has 0 aliphatic carbocycles. The van der Waals surface area contributed by atoms with Gasteiger partial charge in [0.25, 0.3) is 5.91 Å². The number of carbonyl (C=O) groups is 2. The molecule has 4 nitrogen and oxygen atoms in total. The van der Waals surface area contributed by atoms with E-state index in [0.29, 0.717) is 5.56 Å². The zero-order valence-electron chi connectivity index (χ0n) is 11.3. The molecular weight excluding hydrogens is 252 g/mol. The average Bonchev–Trinajstić information content (AvgIpc) is 2.53. The second-order valence-corrected chi connectivity index (χ2v) is 4.38. The molecule has 2 rings (SSSR count). The van der Waals surface area contributed by atoms with E-state index in [1.807, 2.05) is 25.1 Å². The van der Waals surface area contributed by atoms with Gasteiger partial charge in [-0.15, -0.1) is 0 Å². The SMILES string of the molecule is CCc1ccc(C(=O)C(=O)NCc2ccccn2)cc1. The molecule has 0 aliphatic heterocycles. The molecule has 1 aromatic carbocycles. The van der Waals surface area contributed by atoms with E-state index in [0.717, 1.165) is 17.7 Å². The van der Waals surface area contributed by atoms with Gasteiger partial charge in [0.1, 0.15) is 0 Å². The molecule has 102 valence electrons. The van der Waals surface area contributed by atoms with Crippen LogP contribution in [-0.2, 0) is 17.8 Å². The highest BCUT2D eigenvalue weighted by Crippen LogP contribution is 2.06.